The Labute approximate surface area is 94.6 Å². The van der Waals surface area contributed by atoms with Gasteiger partial charge < -0.3 is 9.30 Å². The van der Waals surface area contributed by atoms with E-state index in [2.05, 4.69) is 20.9 Å². The number of ether oxygens (including phenoxy) is 1. The number of rotatable bonds is 2. The molecule has 2 aromatic rings. The third kappa shape index (κ3) is 2.18. The molecule has 78 valence electrons. The number of hydrogen-bond donors (Lipinski definition) is 0. The van der Waals surface area contributed by atoms with Crippen LogP contribution in [-0.4, -0.2) is 9.55 Å². The summed E-state index contributed by atoms with van der Waals surface area (Å²) in [7, 11) is 1.80. The Bertz CT molecular complexity index is 484. The van der Waals surface area contributed by atoms with Crippen LogP contribution in [0.1, 0.15) is 0 Å². The summed E-state index contributed by atoms with van der Waals surface area (Å²) >= 11 is 3.07. The number of imidazole rings is 1. The van der Waals surface area contributed by atoms with Gasteiger partial charge in [0.05, 0.1) is 4.47 Å². The topological polar surface area (TPSA) is 27.1 Å². The largest absolute Gasteiger partial charge is 0.425 e. The third-order valence-electron chi connectivity index (χ3n) is 1.88. The molecule has 5 heteroatoms. The van der Waals surface area contributed by atoms with Gasteiger partial charge in [0, 0.05) is 25.5 Å². The van der Waals surface area contributed by atoms with E-state index < -0.39 is 0 Å². The zero-order chi connectivity index (χ0) is 10.8. The quantitative estimate of drug-likeness (QED) is 0.839. The molecule has 0 unspecified atom stereocenters. The lowest BCUT2D eigenvalue weighted by Gasteiger charge is -2.05. The molecule has 1 heterocycles. The molecule has 0 saturated heterocycles. The summed E-state index contributed by atoms with van der Waals surface area (Å²) in [6.45, 7) is 0. The van der Waals surface area contributed by atoms with Crippen LogP contribution in [0.3, 0.4) is 0 Å². The molecule has 0 aliphatic rings. The van der Waals surface area contributed by atoms with Gasteiger partial charge in [0.25, 0.3) is 0 Å². The third-order valence-corrected chi connectivity index (χ3v) is 2.52. The highest BCUT2D eigenvalue weighted by Crippen LogP contribution is 2.24. The highest BCUT2D eigenvalue weighted by atomic mass is 79.9. The molecular weight excluding hydrogens is 263 g/mol. The van der Waals surface area contributed by atoms with Gasteiger partial charge >= 0.3 is 6.01 Å². The van der Waals surface area contributed by atoms with Crippen LogP contribution in [0.25, 0.3) is 0 Å². The van der Waals surface area contributed by atoms with Gasteiger partial charge in [-0.15, -0.1) is 0 Å². The summed E-state index contributed by atoms with van der Waals surface area (Å²) in [5.74, 6) is 0.0618. The Kier molecular flexibility index (Phi) is 2.73. The lowest BCUT2D eigenvalue weighted by atomic mass is 10.3. The standard InChI is InChI=1S/C10H8BrFN2O/c1-14-5-4-13-10(14)15-7-2-3-8(11)9(12)6-7/h2-6H,1H3. The minimum absolute atomic E-state index is 0.360. The van der Waals surface area contributed by atoms with Crippen molar-refractivity contribution in [1.29, 1.82) is 0 Å². The molecule has 0 aliphatic carbocycles. The van der Waals surface area contributed by atoms with Crippen LogP contribution in [0.4, 0.5) is 4.39 Å². The van der Waals surface area contributed by atoms with Crippen molar-refractivity contribution in [3.63, 3.8) is 0 Å². The Morgan fingerprint density at radius 2 is 2.27 bits per heavy atom. The second-order valence-corrected chi connectivity index (χ2v) is 3.85. The first-order chi connectivity index (χ1) is 7.16. The molecule has 0 fully saturated rings. The second kappa shape index (κ2) is 4.02. The maximum atomic E-state index is 13.2. The Hall–Kier alpha value is -1.36. The van der Waals surface area contributed by atoms with E-state index in [0.29, 0.717) is 16.2 Å². The number of benzene rings is 1. The van der Waals surface area contributed by atoms with Crippen molar-refractivity contribution in [2.45, 2.75) is 0 Å². The Morgan fingerprint density at radius 1 is 1.47 bits per heavy atom. The molecular formula is C10H8BrFN2O. The van der Waals surface area contributed by atoms with Crippen LogP contribution in [0.15, 0.2) is 35.1 Å². The predicted octanol–water partition coefficient (Wildman–Crippen LogP) is 3.11. The molecule has 1 aromatic carbocycles. The minimum Gasteiger partial charge on any atom is -0.425 e. The summed E-state index contributed by atoms with van der Waals surface area (Å²) in [5.41, 5.74) is 0. The fourth-order valence-corrected chi connectivity index (χ4v) is 1.34. The van der Waals surface area contributed by atoms with Crippen LogP contribution in [0.5, 0.6) is 11.8 Å². The van der Waals surface area contributed by atoms with Gasteiger partial charge in [-0.1, -0.05) is 0 Å². The molecule has 0 bridgehead atoms. The molecule has 2 rings (SSSR count). The number of aryl methyl sites for hydroxylation is 1. The van der Waals surface area contributed by atoms with Crippen molar-refractivity contribution >= 4 is 15.9 Å². The SMILES string of the molecule is Cn1ccnc1Oc1ccc(Br)c(F)c1. The zero-order valence-corrected chi connectivity index (χ0v) is 9.53. The fraction of sp³-hybridized carbons (Fsp3) is 0.100. The summed E-state index contributed by atoms with van der Waals surface area (Å²) in [6.07, 6.45) is 3.37. The first-order valence-electron chi connectivity index (χ1n) is 4.27. The highest BCUT2D eigenvalue weighted by Gasteiger charge is 2.05. The van der Waals surface area contributed by atoms with Crippen molar-refractivity contribution in [2.24, 2.45) is 7.05 Å². The van der Waals surface area contributed by atoms with E-state index in [0.717, 1.165) is 0 Å². The van der Waals surface area contributed by atoms with Gasteiger partial charge in [-0.05, 0) is 28.1 Å². The molecule has 15 heavy (non-hydrogen) atoms. The minimum atomic E-state index is -0.360. The number of nitrogens with zero attached hydrogens (tertiary/aromatic N) is 2. The number of hydrogen-bond acceptors (Lipinski definition) is 2. The van der Waals surface area contributed by atoms with Crippen LogP contribution in [0.2, 0.25) is 0 Å². The molecule has 0 spiro atoms. The van der Waals surface area contributed by atoms with Gasteiger partial charge in [0.15, 0.2) is 0 Å². The molecule has 0 atom stereocenters. The summed E-state index contributed by atoms with van der Waals surface area (Å²) in [5, 5.41) is 0. The van der Waals surface area contributed by atoms with Crippen molar-refractivity contribution in [1.82, 2.24) is 9.55 Å². The predicted molar refractivity (Wildman–Crippen MR) is 57.4 cm³/mol. The van der Waals surface area contributed by atoms with Gasteiger partial charge in [0.1, 0.15) is 11.6 Å². The number of aromatic nitrogens is 2. The molecule has 0 aliphatic heterocycles. The Morgan fingerprint density at radius 3 is 2.87 bits per heavy atom. The van der Waals surface area contributed by atoms with Gasteiger partial charge in [0.2, 0.25) is 0 Å². The van der Waals surface area contributed by atoms with E-state index in [1.165, 1.54) is 6.07 Å². The van der Waals surface area contributed by atoms with E-state index in [-0.39, 0.29) is 5.82 Å². The maximum Gasteiger partial charge on any atom is 0.301 e. The molecule has 0 radical (unpaired) electrons. The van der Waals surface area contributed by atoms with Crippen LogP contribution < -0.4 is 4.74 Å². The van der Waals surface area contributed by atoms with Crippen molar-refractivity contribution in [3.8, 4) is 11.8 Å². The van der Waals surface area contributed by atoms with Crippen molar-refractivity contribution in [2.75, 3.05) is 0 Å². The lowest BCUT2D eigenvalue weighted by molar-refractivity contribution is 0.421. The van der Waals surface area contributed by atoms with Crippen LogP contribution in [0, 0.1) is 5.82 Å². The summed E-state index contributed by atoms with van der Waals surface area (Å²) < 4.78 is 20.7. The zero-order valence-electron chi connectivity index (χ0n) is 7.95. The van der Waals surface area contributed by atoms with Crippen molar-refractivity contribution < 1.29 is 9.13 Å². The highest BCUT2D eigenvalue weighted by molar-refractivity contribution is 9.10. The summed E-state index contributed by atoms with van der Waals surface area (Å²) in [4.78, 5) is 3.97. The maximum absolute atomic E-state index is 13.2. The van der Waals surface area contributed by atoms with Crippen LogP contribution >= 0.6 is 15.9 Å². The van der Waals surface area contributed by atoms with Gasteiger partial charge in [-0.3, -0.25) is 0 Å². The van der Waals surface area contributed by atoms with Gasteiger partial charge in [-0.2, -0.15) is 0 Å². The summed E-state index contributed by atoms with van der Waals surface area (Å²) in [6, 6.07) is 4.99. The average Bonchev–Trinajstić information content (AvgIpc) is 2.59. The first-order valence-corrected chi connectivity index (χ1v) is 5.06. The van der Waals surface area contributed by atoms with Crippen LogP contribution in [-0.2, 0) is 7.05 Å². The molecule has 1 aromatic heterocycles. The molecule has 3 nitrogen and oxygen atoms in total. The van der Waals surface area contributed by atoms with E-state index in [1.54, 1.807) is 36.1 Å². The normalized spacial score (nSPS) is 10.3. The van der Waals surface area contributed by atoms with E-state index in [9.17, 15) is 4.39 Å². The lowest BCUT2D eigenvalue weighted by Crippen LogP contribution is -1.93. The molecule has 0 N–H and O–H groups in total. The van der Waals surface area contributed by atoms with E-state index in [1.807, 2.05) is 0 Å². The molecule has 0 saturated carbocycles. The Balaban J connectivity index is 2.25. The monoisotopic (exact) mass is 270 g/mol. The van der Waals surface area contributed by atoms with E-state index in [4.69, 9.17) is 4.74 Å². The van der Waals surface area contributed by atoms with Crippen molar-refractivity contribution in [3.05, 3.63) is 40.9 Å². The average molecular weight is 271 g/mol. The van der Waals surface area contributed by atoms with E-state index >= 15 is 0 Å². The van der Waals surface area contributed by atoms with Gasteiger partial charge in [-0.25, -0.2) is 9.37 Å². The number of halogens is 2. The second-order valence-electron chi connectivity index (χ2n) is 3.00. The first kappa shape index (κ1) is 10.2. The fourth-order valence-electron chi connectivity index (χ4n) is 1.10. The molecule has 0 amide bonds. The smallest absolute Gasteiger partial charge is 0.301 e.